The largest absolute Gasteiger partial charge is 0.481 e. The van der Waals surface area contributed by atoms with Gasteiger partial charge in [-0.2, -0.15) is 0 Å². The lowest BCUT2D eigenvalue weighted by Crippen LogP contribution is -2.52. The van der Waals surface area contributed by atoms with Crippen molar-refractivity contribution in [2.45, 2.75) is 52.9 Å². The number of fused-ring (bicyclic) bond motifs is 2. The summed E-state index contributed by atoms with van der Waals surface area (Å²) < 4.78 is 0. The molecule has 3 rings (SSSR count). The minimum absolute atomic E-state index is 0.0121. The molecule has 0 aromatic heterocycles. The van der Waals surface area contributed by atoms with E-state index in [9.17, 15) is 19.5 Å². The van der Waals surface area contributed by atoms with E-state index in [2.05, 4.69) is 0 Å². The van der Waals surface area contributed by atoms with Crippen LogP contribution in [-0.4, -0.2) is 40.8 Å². The number of nitrogens with zero attached hydrogens (tertiary/aromatic N) is 1. The van der Waals surface area contributed by atoms with Gasteiger partial charge in [0.05, 0.1) is 11.3 Å². The van der Waals surface area contributed by atoms with E-state index >= 15 is 0 Å². The molecule has 1 N–H and O–H groups in total. The van der Waals surface area contributed by atoms with Gasteiger partial charge in [-0.15, -0.1) is 0 Å². The zero-order valence-electron chi connectivity index (χ0n) is 13.6. The Morgan fingerprint density at radius 1 is 1.23 bits per heavy atom. The highest BCUT2D eigenvalue weighted by molar-refractivity contribution is 5.99. The van der Waals surface area contributed by atoms with Crippen LogP contribution < -0.4 is 0 Å². The van der Waals surface area contributed by atoms with Crippen molar-refractivity contribution >= 4 is 17.7 Å². The Balaban J connectivity index is 1.89. The first-order valence-electron chi connectivity index (χ1n) is 8.21. The number of rotatable bonds is 2. The van der Waals surface area contributed by atoms with E-state index in [0.29, 0.717) is 19.4 Å². The van der Waals surface area contributed by atoms with Crippen molar-refractivity contribution < 1.29 is 19.5 Å². The topological polar surface area (TPSA) is 74.7 Å². The Hall–Kier alpha value is -1.39. The smallest absolute Gasteiger partial charge is 0.308 e. The van der Waals surface area contributed by atoms with E-state index in [1.807, 2.05) is 20.8 Å². The lowest BCUT2D eigenvalue weighted by Gasteiger charge is -2.43. The van der Waals surface area contributed by atoms with Crippen molar-refractivity contribution in [2.24, 2.45) is 22.2 Å². The second kappa shape index (κ2) is 4.56. The summed E-state index contributed by atoms with van der Waals surface area (Å²) in [5.41, 5.74) is -1.39. The van der Waals surface area contributed by atoms with E-state index in [-0.39, 0.29) is 23.7 Å². The van der Waals surface area contributed by atoms with Crippen molar-refractivity contribution in [1.29, 1.82) is 0 Å². The molecule has 0 spiro atoms. The average molecular weight is 307 g/mol. The molecule has 1 heterocycles. The first kappa shape index (κ1) is 15.5. The molecule has 0 radical (unpaired) electrons. The number of carbonyl (C=O) groups excluding carboxylic acids is 2. The number of amides is 1. The predicted molar refractivity (Wildman–Crippen MR) is 80.1 cm³/mol. The Morgan fingerprint density at radius 3 is 2.41 bits per heavy atom. The normalized spacial score (nSPS) is 40.0. The molecule has 2 aliphatic carbocycles. The minimum Gasteiger partial charge on any atom is -0.481 e. The van der Waals surface area contributed by atoms with Gasteiger partial charge in [0, 0.05) is 24.9 Å². The zero-order valence-corrected chi connectivity index (χ0v) is 13.6. The van der Waals surface area contributed by atoms with Crippen molar-refractivity contribution in [1.82, 2.24) is 4.90 Å². The summed E-state index contributed by atoms with van der Waals surface area (Å²) in [4.78, 5) is 38.7. The molecule has 2 bridgehead atoms. The van der Waals surface area contributed by atoms with E-state index in [1.54, 1.807) is 4.90 Å². The quantitative estimate of drug-likeness (QED) is 0.847. The number of aliphatic carboxylic acids is 1. The zero-order chi connectivity index (χ0) is 16.3. The summed E-state index contributed by atoms with van der Waals surface area (Å²) in [6.45, 7) is 6.98. The van der Waals surface area contributed by atoms with Crippen LogP contribution in [0.25, 0.3) is 0 Å². The molecule has 122 valence electrons. The molecule has 3 fully saturated rings. The van der Waals surface area contributed by atoms with E-state index < -0.39 is 22.7 Å². The van der Waals surface area contributed by atoms with Crippen LogP contribution in [0.15, 0.2) is 0 Å². The lowest BCUT2D eigenvalue weighted by molar-refractivity contribution is -0.153. The van der Waals surface area contributed by atoms with Crippen molar-refractivity contribution in [3.63, 3.8) is 0 Å². The maximum absolute atomic E-state index is 13.2. The maximum Gasteiger partial charge on any atom is 0.308 e. The molecule has 1 amide bonds. The minimum atomic E-state index is -0.826. The Morgan fingerprint density at radius 2 is 1.91 bits per heavy atom. The molecular formula is C17H25NO4. The number of Topliss-reactive ketones (excluding diaryl/α,β-unsaturated/α-hetero) is 1. The number of carboxylic acid groups (broad SMARTS) is 1. The van der Waals surface area contributed by atoms with Crippen molar-refractivity contribution in [3.8, 4) is 0 Å². The Labute approximate surface area is 131 Å². The van der Waals surface area contributed by atoms with Crippen LogP contribution in [-0.2, 0) is 14.4 Å². The van der Waals surface area contributed by atoms with Crippen LogP contribution in [0.5, 0.6) is 0 Å². The molecule has 22 heavy (non-hydrogen) atoms. The highest BCUT2D eigenvalue weighted by Gasteiger charge is 2.73. The van der Waals surface area contributed by atoms with Crippen molar-refractivity contribution in [3.05, 3.63) is 0 Å². The summed E-state index contributed by atoms with van der Waals surface area (Å²) >= 11 is 0. The third kappa shape index (κ3) is 1.68. The number of carboxylic acids is 1. The lowest BCUT2D eigenvalue weighted by atomic mass is 9.64. The number of likely N-dealkylation sites (tertiary alicyclic amines) is 1. The summed E-state index contributed by atoms with van der Waals surface area (Å²) in [6.07, 6.45) is 3.19. The summed E-state index contributed by atoms with van der Waals surface area (Å²) in [6, 6.07) is 0. The summed E-state index contributed by atoms with van der Waals surface area (Å²) in [5, 5.41) is 9.23. The van der Waals surface area contributed by atoms with Gasteiger partial charge in [-0.1, -0.05) is 20.8 Å². The number of piperidine rings is 1. The highest BCUT2D eigenvalue weighted by Crippen LogP contribution is 2.71. The molecule has 0 aromatic carbocycles. The Bertz CT molecular complexity index is 555. The molecule has 5 nitrogen and oxygen atoms in total. The first-order chi connectivity index (χ1) is 10.2. The van der Waals surface area contributed by atoms with Crippen molar-refractivity contribution in [2.75, 3.05) is 13.1 Å². The summed E-state index contributed by atoms with van der Waals surface area (Å²) in [5.74, 6) is -1.09. The van der Waals surface area contributed by atoms with Crippen LogP contribution in [0.2, 0.25) is 0 Å². The van der Waals surface area contributed by atoms with Crippen LogP contribution in [0.3, 0.4) is 0 Å². The Kier molecular flexibility index (Phi) is 3.21. The maximum atomic E-state index is 13.2. The fourth-order valence-electron chi connectivity index (χ4n) is 5.00. The monoisotopic (exact) mass is 307 g/mol. The molecule has 3 atom stereocenters. The van der Waals surface area contributed by atoms with Gasteiger partial charge < -0.3 is 10.0 Å². The number of hydrogen-bond donors (Lipinski definition) is 1. The first-order valence-corrected chi connectivity index (χ1v) is 8.21. The molecular weight excluding hydrogens is 282 g/mol. The predicted octanol–water partition coefficient (Wildman–Crippen LogP) is 2.10. The van der Waals surface area contributed by atoms with E-state index in [0.717, 1.165) is 19.3 Å². The molecule has 3 aliphatic rings. The molecule has 0 aromatic rings. The molecule has 0 unspecified atom stereocenters. The van der Waals surface area contributed by atoms with Gasteiger partial charge in [-0.05, 0) is 31.1 Å². The number of carbonyl (C=O) groups is 3. The SMILES string of the molecule is CC1(C)[C@]2(C(=O)N3CCC[C@@H](C(=O)O)C3)CC[C@@]1(C)C(=O)C2. The fourth-order valence-corrected chi connectivity index (χ4v) is 5.00. The van der Waals surface area contributed by atoms with Crippen LogP contribution in [0.1, 0.15) is 52.9 Å². The molecule has 1 saturated heterocycles. The van der Waals surface area contributed by atoms with Crippen LogP contribution >= 0.6 is 0 Å². The van der Waals surface area contributed by atoms with Crippen LogP contribution in [0, 0.1) is 22.2 Å². The number of hydrogen-bond acceptors (Lipinski definition) is 3. The molecule has 5 heteroatoms. The van der Waals surface area contributed by atoms with E-state index in [1.165, 1.54) is 0 Å². The third-order valence-corrected chi connectivity index (χ3v) is 7.17. The van der Waals surface area contributed by atoms with Gasteiger partial charge in [-0.3, -0.25) is 14.4 Å². The van der Waals surface area contributed by atoms with Crippen LogP contribution in [0.4, 0.5) is 0 Å². The summed E-state index contributed by atoms with van der Waals surface area (Å²) in [7, 11) is 0. The number of ketones is 1. The van der Waals surface area contributed by atoms with Gasteiger partial charge in [0.1, 0.15) is 5.78 Å². The standard InChI is InChI=1S/C17H25NO4/c1-15(2)16(3)6-7-17(15,9-12(16)19)14(22)18-8-4-5-11(10-18)13(20)21/h11H,4-10H2,1-3H3,(H,20,21)/t11-,16+,17-/m1/s1. The third-order valence-electron chi connectivity index (χ3n) is 7.17. The fraction of sp³-hybridized carbons (Fsp3) is 0.824. The highest BCUT2D eigenvalue weighted by atomic mass is 16.4. The second-order valence-electron chi connectivity index (χ2n) is 8.07. The van der Waals surface area contributed by atoms with Gasteiger partial charge >= 0.3 is 5.97 Å². The average Bonchev–Trinajstić information content (AvgIpc) is 2.77. The van der Waals surface area contributed by atoms with Gasteiger partial charge in [-0.25, -0.2) is 0 Å². The molecule has 1 aliphatic heterocycles. The molecule has 2 saturated carbocycles. The van der Waals surface area contributed by atoms with Gasteiger partial charge in [0.15, 0.2) is 0 Å². The second-order valence-corrected chi connectivity index (χ2v) is 8.07. The van der Waals surface area contributed by atoms with Gasteiger partial charge in [0.25, 0.3) is 0 Å². The van der Waals surface area contributed by atoms with E-state index in [4.69, 9.17) is 0 Å². The van der Waals surface area contributed by atoms with Gasteiger partial charge in [0.2, 0.25) is 5.91 Å².